The van der Waals surface area contributed by atoms with E-state index in [0.717, 1.165) is 31.9 Å². The number of rotatable bonds is 2. The molecule has 1 saturated heterocycles. The summed E-state index contributed by atoms with van der Waals surface area (Å²) in [4.78, 5) is 7.89. The molecule has 1 unspecified atom stereocenters. The van der Waals surface area contributed by atoms with Crippen LogP contribution in [0.4, 0.5) is 5.82 Å². The van der Waals surface area contributed by atoms with Gasteiger partial charge in [-0.05, 0) is 12.8 Å². The van der Waals surface area contributed by atoms with Crippen molar-refractivity contribution in [1.82, 2.24) is 9.97 Å². The number of anilines is 1. The first kappa shape index (κ1) is 9.68. The van der Waals surface area contributed by atoms with E-state index in [4.69, 9.17) is 16.3 Å². The predicted molar refractivity (Wildman–Crippen MR) is 54.5 cm³/mol. The number of hydrogen-bond acceptors (Lipinski definition) is 4. The molecule has 1 N–H and O–H groups in total. The van der Waals surface area contributed by atoms with Gasteiger partial charge in [-0.3, -0.25) is 0 Å². The van der Waals surface area contributed by atoms with Gasteiger partial charge in [-0.2, -0.15) is 0 Å². The van der Waals surface area contributed by atoms with E-state index in [1.165, 1.54) is 6.33 Å². The molecule has 0 radical (unpaired) electrons. The van der Waals surface area contributed by atoms with E-state index in [-0.39, 0.29) is 0 Å². The predicted octanol–water partition coefficient (Wildman–Crippen LogP) is 1.72. The molecule has 0 bridgehead atoms. The Morgan fingerprint density at radius 1 is 1.50 bits per heavy atom. The van der Waals surface area contributed by atoms with Gasteiger partial charge in [0.2, 0.25) is 0 Å². The van der Waals surface area contributed by atoms with E-state index in [9.17, 15) is 0 Å². The SMILES string of the molecule is Clc1cc(NC2CCCOC2)ncn1. The van der Waals surface area contributed by atoms with Crippen molar-refractivity contribution in [3.63, 3.8) is 0 Å². The van der Waals surface area contributed by atoms with Crippen molar-refractivity contribution in [1.29, 1.82) is 0 Å². The zero-order chi connectivity index (χ0) is 9.80. The Morgan fingerprint density at radius 3 is 3.14 bits per heavy atom. The molecule has 0 aliphatic carbocycles. The number of halogens is 1. The van der Waals surface area contributed by atoms with Crippen molar-refractivity contribution < 1.29 is 4.74 Å². The molecule has 1 aliphatic heterocycles. The van der Waals surface area contributed by atoms with Gasteiger partial charge in [-0.25, -0.2) is 9.97 Å². The van der Waals surface area contributed by atoms with Gasteiger partial charge in [0.05, 0.1) is 12.6 Å². The molecule has 0 amide bonds. The van der Waals surface area contributed by atoms with Crippen molar-refractivity contribution in [2.75, 3.05) is 18.5 Å². The molecule has 14 heavy (non-hydrogen) atoms. The van der Waals surface area contributed by atoms with Crippen molar-refractivity contribution in [3.8, 4) is 0 Å². The van der Waals surface area contributed by atoms with E-state index in [0.29, 0.717) is 11.2 Å². The Balaban J connectivity index is 1.95. The van der Waals surface area contributed by atoms with Gasteiger partial charge in [0.1, 0.15) is 17.3 Å². The van der Waals surface area contributed by atoms with Gasteiger partial charge in [-0.15, -0.1) is 0 Å². The Morgan fingerprint density at radius 2 is 2.43 bits per heavy atom. The number of nitrogens with zero attached hydrogens (tertiary/aromatic N) is 2. The minimum absolute atomic E-state index is 0.342. The van der Waals surface area contributed by atoms with Gasteiger partial charge >= 0.3 is 0 Å². The normalized spacial score (nSPS) is 21.9. The molecule has 0 saturated carbocycles. The summed E-state index contributed by atoms with van der Waals surface area (Å²) in [7, 11) is 0. The van der Waals surface area contributed by atoms with E-state index in [1.807, 2.05) is 0 Å². The maximum atomic E-state index is 5.74. The van der Waals surface area contributed by atoms with Crippen molar-refractivity contribution in [2.45, 2.75) is 18.9 Å². The van der Waals surface area contributed by atoms with Gasteiger partial charge in [-0.1, -0.05) is 11.6 Å². The molecular weight excluding hydrogens is 202 g/mol. The summed E-state index contributed by atoms with van der Waals surface area (Å²) in [5, 5.41) is 3.72. The summed E-state index contributed by atoms with van der Waals surface area (Å²) in [6.45, 7) is 1.60. The topological polar surface area (TPSA) is 47.0 Å². The summed E-state index contributed by atoms with van der Waals surface area (Å²) in [5.74, 6) is 0.764. The summed E-state index contributed by atoms with van der Waals surface area (Å²) in [5.41, 5.74) is 0. The molecule has 1 aromatic rings. The van der Waals surface area contributed by atoms with Crippen LogP contribution >= 0.6 is 11.6 Å². The first-order valence-corrected chi connectivity index (χ1v) is 5.04. The lowest BCUT2D eigenvalue weighted by atomic mass is 10.1. The molecular formula is C9H12ClN3O. The highest BCUT2D eigenvalue weighted by molar-refractivity contribution is 6.29. The fraction of sp³-hybridized carbons (Fsp3) is 0.556. The summed E-state index contributed by atoms with van der Waals surface area (Å²) < 4.78 is 5.35. The zero-order valence-corrected chi connectivity index (χ0v) is 8.50. The highest BCUT2D eigenvalue weighted by Gasteiger charge is 2.13. The van der Waals surface area contributed by atoms with Crippen LogP contribution in [0.3, 0.4) is 0 Å². The highest BCUT2D eigenvalue weighted by atomic mass is 35.5. The van der Waals surface area contributed by atoms with Gasteiger partial charge < -0.3 is 10.1 Å². The van der Waals surface area contributed by atoms with Crippen LogP contribution < -0.4 is 5.32 Å². The highest BCUT2D eigenvalue weighted by Crippen LogP contribution is 2.14. The molecule has 0 spiro atoms. The fourth-order valence-corrected chi connectivity index (χ4v) is 1.62. The number of ether oxygens (including phenoxy) is 1. The largest absolute Gasteiger partial charge is 0.379 e. The van der Waals surface area contributed by atoms with E-state index in [1.54, 1.807) is 6.07 Å². The van der Waals surface area contributed by atoms with Crippen LogP contribution in [0, 0.1) is 0 Å². The van der Waals surface area contributed by atoms with Gasteiger partial charge in [0.25, 0.3) is 0 Å². The maximum absolute atomic E-state index is 5.74. The van der Waals surface area contributed by atoms with Crippen molar-refractivity contribution in [2.24, 2.45) is 0 Å². The average Bonchev–Trinajstić information content (AvgIpc) is 2.19. The van der Waals surface area contributed by atoms with E-state index < -0.39 is 0 Å². The zero-order valence-electron chi connectivity index (χ0n) is 7.74. The smallest absolute Gasteiger partial charge is 0.134 e. The number of aromatic nitrogens is 2. The fourth-order valence-electron chi connectivity index (χ4n) is 1.48. The summed E-state index contributed by atoms with van der Waals surface area (Å²) in [6.07, 6.45) is 3.66. The molecule has 1 atom stereocenters. The standard InChI is InChI=1S/C9H12ClN3O/c10-8-4-9(12-6-11-8)13-7-2-1-3-14-5-7/h4,6-7H,1-3,5H2,(H,11,12,13). The Kier molecular flexibility index (Phi) is 3.16. The van der Waals surface area contributed by atoms with Crippen LogP contribution in [0.5, 0.6) is 0 Å². The molecule has 4 nitrogen and oxygen atoms in total. The summed E-state index contributed by atoms with van der Waals surface area (Å²) >= 11 is 5.74. The van der Waals surface area contributed by atoms with Crippen LogP contribution in [0.25, 0.3) is 0 Å². The lowest BCUT2D eigenvalue weighted by Gasteiger charge is -2.23. The van der Waals surface area contributed by atoms with Crippen molar-refractivity contribution in [3.05, 3.63) is 17.5 Å². The van der Waals surface area contributed by atoms with Gasteiger partial charge in [0.15, 0.2) is 0 Å². The molecule has 2 rings (SSSR count). The Bertz CT molecular complexity index is 302. The molecule has 1 aliphatic rings. The third-order valence-electron chi connectivity index (χ3n) is 2.15. The lowest BCUT2D eigenvalue weighted by Crippen LogP contribution is -2.30. The van der Waals surface area contributed by atoms with Gasteiger partial charge in [0, 0.05) is 12.7 Å². The first-order chi connectivity index (χ1) is 6.84. The minimum atomic E-state index is 0.342. The van der Waals surface area contributed by atoms with E-state index >= 15 is 0 Å². The van der Waals surface area contributed by atoms with E-state index in [2.05, 4.69) is 15.3 Å². The molecule has 5 heteroatoms. The molecule has 76 valence electrons. The second-order valence-corrected chi connectivity index (χ2v) is 3.67. The van der Waals surface area contributed by atoms with Crippen LogP contribution in [-0.2, 0) is 4.74 Å². The Labute approximate surface area is 87.7 Å². The molecule has 1 aromatic heterocycles. The van der Waals surface area contributed by atoms with Crippen LogP contribution in [-0.4, -0.2) is 29.2 Å². The number of hydrogen-bond donors (Lipinski definition) is 1. The molecule has 0 aromatic carbocycles. The third-order valence-corrected chi connectivity index (χ3v) is 2.35. The third kappa shape index (κ3) is 2.56. The second kappa shape index (κ2) is 4.57. The Hall–Kier alpha value is -0.870. The first-order valence-electron chi connectivity index (χ1n) is 4.66. The number of nitrogens with one attached hydrogen (secondary N) is 1. The van der Waals surface area contributed by atoms with Crippen LogP contribution in [0.1, 0.15) is 12.8 Å². The average molecular weight is 214 g/mol. The quantitative estimate of drug-likeness (QED) is 0.760. The second-order valence-electron chi connectivity index (χ2n) is 3.28. The van der Waals surface area contributed by atoms with Crippen LogP contribution in [0.15, 0.2) is 12.4 Å². The molecule has 1 fully saturated rings. The summed E-state index contributed by atoms with van der Waals surface area (Å²) in [6, 6.07) is 2.06. The monoisotopic (exact) mass is 213 g/mol. The van der Waals surface area contributed by atoms with Crippen LogP contribution in [0.2, 0.25) is 5.15 Å². The molecule has 2 heterocycles. The van der Waals surface area contributed by atoms with Crippen molar-refractivity contribution >= 4 is 17.4 Å². The lowest BCUT2D eigenvalue weighted by molar-refractivity contribution is 0.0875. The maximum Gasteiger partial charge on any atom is 0.134 e. The minimum Gasteiger partial charge on any atom is -0.379 e.